The Bertz CT molecular complexity index is 1180. The number of anilines is 2. The number of nitrogens with one attached hydrogen (secondary N) is 3. The number of hydrogen-bond donors (Lipinski definition) is 5. The van der Waals surface area contributed by atoms with Crippen molar-refractivity contribution in [3.63, 3.8) is 0 Å². The van der Waals surface area contributed by atoms with Crippen molar-refractivity contribution in [3.8, 4) is 0 Å². The molecule has 0 fully saturated rings. The molecule has 33 heavy (non-hydrogen) atoms. The smallest absolute Gasteiger partial charge is 0.328 e. The van der Waals surface area contributed by atoms with E-state index in [0.29, 0.717) is 12.1 Å². The van der Waals surface area contributed by atoms with Crippen LogP contribution >= 0.6 is 11.6 Å². The fraction of sp³-hybridized carbons (Fsp3) is 0.0500. The van der Waals surface area contributed by atoms with Crippen molar-refractivity contribution in [2.75, 3.05) is 10.6 Å². The second kappa shape index (κ2) is 10.8. The molecular formula is C20H14ClF2N3O7. The van der Waals surface area contributed by atoms with E-state index in [1.54, 1.807) is 0 Å². The van der Waals surface area contributed by atoms with Crippen molar-refractivity contribution in [1.82, 2.24) is 5.32 Å². The zero-order valence-corrected chi connectivity index (χ0v) is 17.1. The number of halogens is 3. The minimum absolute atomic E-state index is 0.0546. The number of amides is 4. The summed E-state index contributed by atoms with van der Waals surface area (Å²) in [5.41, 5.74) is -0.408. The minimum atomic E-state index is -1.37. The van der Waals surface area contributed by atoms with Gasteiger partial charge in [-0.1, -0.05) is 17.7 Å². The van der Waals surface area contributed by atoms with Crippen LogP contribution in [0, 0.1) is 11.6 Å². The van der Waals surface area contributed by atoms with Crippen molar-refractivity contribution in [2.45, 2.75) is 6.42 Å². The van der Waals surface area contributed by atoms with E-state index >= 15 is 0 Å². The van der Waals surface area contributed by atoms with E-state index < -0.39 is 58.4 Å². The normalized spacial score (nSPS) is 10.5. The van der Waals surface area contributed by atoms with Gasteiger partial charge in [0.15, 0.2) is 11.6 Å². The van der Waals surface area contributed by atoms with Crippen LogP contribution in [0.5, 0.6) is 0 Å². The summed E-state index contributed by atoms with van der Waals surface area (Å²) in [5.74, 6) is -7.36. The highest BCUT2D eigenvalue weighted by molar-refractivity contribution is 6.34. The van der Waals surface area contributed by atoms with E-state index in [1.807, 2.05) is 5.32 Å². The molecule has 5 N–H and O–H groups in total. The van der Waals surface area contributed by atoms with E-state index in [-0.39, 0.29) is 16.9 Å². The van der Waals surface area contributed by atoms with E-state index in [2.05, 4.69) is 10.6 Å². The maximum atomic E-state index is 13.4. The van der Waals surface area contributed by atoms with Crippen LogP contribution in [0.4, 0.5) is 25.0 Å². The van der Waals surface area contributed by atoms with Gasteiger partial charge in [0, 0.05) is 11.8 Å². The summed E-state index contributed by atoms with van der Waals surface area (Å²) in [6, 6.07) is 3.70. The lowest BCUT2D eigenvalue weighted by Gasteiger charge is -2.12. The number of carbonyl (C=O) groups is 5. The van der Waals surface area contributed by atoms with Crippen molar-refractivity contribution < 1.29 is 43.0 Å². The van der Waals surface area contributed by atoms with E-state index in [0.717, 1.165) is 12.2 Å². The van der Waals surface area contributed by atoms with Crippen LogP contribution in [0.3, 0.4) is 0 Å². The first-order chi connectivity index (χ1) is 15.5. The lowest BCUT2D eigenvalue weighted by atomic mass is 10.1. The first-order valence-electron chi connectivity index (χ1n) is 8.80. The van der Waals surface area contributed by atoms with Gasteiger partial charge in [-0.15, -0.1) is 0 Å². The third-order valence-corrected chi connectivity index (χ3v) is 4.10. The molecule has 0 aromatic heterocycles. The number of imide groups is 1. The average Bonchev–Trinajstić information content (AvgIpc) is 2.69. The van der Waals surface area contributed by atoms with Crippen molar-refractivity contribution in [1.29, 1.82) is 0 Å². The highest BCUT2D eigenvalue weighted by Gasteiger charge is 2.18. The lowest BCUT2D eigenvalue weighted by Crippen LogP contribution is -2.34. The standard InChI is InChI=1S/C20H14ClF2N3O7/c21-12-7-14(23)13(22)6-11(12)19(32)26-20(33)25-15-5-10(24-16(27)8-18(30)31)3-1-9(15)2-4-17(28)29/h1-7H,8H2,(H,24,27)(H,28,29)(H,30,31)(H2,25,26,32,33)/b4-2+. The van der Waals surface area contributed by atoms with Crippen LogP contribution in [0.1, 0.15) is 22.3 Å². The number of rotatable bonds is 7. The second-order valence-corrected chi connectivity index (χ2v) is 6.65. The number of carbonyl (C=O) groups excluding carboxylic acids is 3. The van der Waals surface area contributed by atoms with Crippen molar-refractivity contribution in [3.05, 3.63) is 64.2 Å². The molecule has 0 aliphatic rings. The number of aliphatic carboxylic acids is 2. The zero-order chi connectivity index (χ0) is 24.7. The Balaban J connectivity index is 2.25. The molecule has 0 aliphatic carbocycles. The van der Waals surface area contributed by atoms with Gasteiger partial charge in [0.1, 0.15) is 6.42 Å². The zero-order valence-electron chi connectivity index (χ0n) is 16.3. The molecule has 0 radical (unpaired) electrons. The molecule has 0 aliphatic heterocycles. The van der Waals surface area contributed by atoms with Gasteiger partial charge in [-0.2, -0.15) is 0 Å². The maximum absolute atomic E-state index is 13.4. The van der Waals surface area contributed by atoms with Gasteiger partial charge >= 0.3 is 18.0 Å². The average molecular weight is 482 g/mol. The molecule has 2 aromatic rings. The molecular weight excluding hydrogens is 468 g/mol. The van der Waals surface area contributed by atoms with Crippen LogP contribution in [0.2, 0.25) is 5.02 Å². The van der Waals surface area contributed by atoms with E-state index in [1.165, 1.54) is 18.2 Å². The highest BCUT2D eigenvalue weighted by atomic mass is 35.5. The van der Waals surface area contributed by atoms with E-state index in [9.17, 15) is 32.8 Å². The SMILES string of the molecule is O=C(O)/C=C/c1ccc(NC(=O)CC(=O)O)cc1NC(=O)NC(=O)c1cc(F)c(F)cc1Cl. The number of carboxylic acids is 2. The van der Waals surface area contributed by atoms with E-state index in [4.69, 9.17) is 21.8 Å². The van der Waals surface area contributed by atoms with Crippen LogP contribution in [0.25, 0.3) is 6.08 Å². The fourth-order valence-corrected chi connectivity index (χ4v) is 2.65. The lowest BCUT2D eigenvalue weighted by molar-refractivity contribution is -0.139. The van der Waals surface area contributed by atoms with Gasteiger partial charge in [-0.3, -0.25) is 19.7 Å². The predicted octanol–water partition coefficient (Wildman–Crippen LogP) is 3.09. The van der Waals surface area contributed by atoms with Crippen molar-refractivity contribution >= 4 is 58.8 Å². The minimum Gasteiger partial charge on any atom is -0.481 e. The Kier molecular flexibility index (Phi) is 8.18. The Morgan fingerprint density at radius 3 is 2.27 bits per heavy atom. The molecule has 0 spiro atoms. The molecule has 10 nitrogen and oxygen atoms in total. The predicted molar refractivity (Wildman–Crippen MR) is 112 cm³/mol. The molecule has 2 aromatic carbocycles. The van der Waals surface area contributed by atoms with Crippen LogP contribution in [0.15, 0.2) is 36.4 Å². The van der Waals surface area contributed by atoms with Crippen LogP contribution in [-0.4, -0.2) is 40.0 Å². The quantitative estimate of drug-likeness (QED) is 0.230. The molecule has 0 heterocycles. The number of carboxylic acid groups (broad SMARTS) is 2. The second-order valence-electron chi connectivity index (χ2n) is 6.25. The summed E-state index contributed by atoms with van der Waals surface area (Å²) in [5, 5.41) is 23.4. The van der Waals surface area contributed by atoms with Gasteiger partial charge in [0.2, 0.25) is 5.91 Å². The van der Waals surface area contributed by atoms with Crippen LogP contribution < -0.4 is 16.0 Å². The number of hydrogen-bond acceptors (Lipinski definition) is 5. The van der Waals surface area contributed by atoms with Gasteiger partial charge < -0.3 is 20.8 Å². The molecule has 0 saturated carbocycles. The van der Waals surface area contributed by atoms with Gasteiger partial charge in [-0.05, 0) is 35.9 Å². The van der Waals surface area contributed by atoms with Gasteiger partial charge in [-0.25, -0.2) is 18.4 Å². The molecule has 0 bridgehead atoms. The first-order valence-corrected chi connectivity index (χ1v) is 9.17. The molecule has 0 saturated heterocycles. The van der Waals surface area contributed by atoms with Gasteiger partial charge in [0.05, 0.1) is 16.3 Å². The Morgan fingerprint density at radius 1 is 0.970 bits per heavy atom. The Hall–Kier alpha value is -4.32. The van der Waals surface area contributed by atoms with Gasteiger partial charge in [0.25, 0.3) is 5.91 Å². The maximum Gasteiger partial charge on any atom is 0.328 e. The van der Waals surface area contributed by atoms with Crippen LogP contribution in [-0.2, 0) is 14.4 Å². The summed E-state index contributed by atoms with van der Waals surface area (Å²) in [6.07, 6.45) is 1.04. The Labute approximate surface area is 188 Å². The molecule has 2 rings (SSSR count). The fourth-order valence-electron chi connectivity index (χ4n) is 2.41. The third kappa shape index (κ3) is 7.40. The third-order valence-electron chi connectivity index (χ3n) is 3.78. The summed E-state index contributed by atoms with van der Waals surface area (Å²) in [4.78, 5) is 57.5. The summed E-state index contributed by atoms with van der Waals surface area (Å²) in [7, 11) is 0. The monoisotopic (exact) mass is 481 g/mol. The number of urea groups is 1. The summed E-state index contributed by atoms with van der Waals surface area (Å²) < 4.78 is 26.6. The largest absolute Gasteiger partial charge is 0.481 e. The molecule has 13 heteroatoms. The van der Waals surface area contributed by atoms with Crippen molar-refractivity contribution in [2.24, 2.45) is 0 Å². The number of benzene rings is 2. The molecule has 4 amide bonds. The Morgan fingerprint density at radius 2 is 1.64 bits per heavy atom. The summed E-state index contributed by atoms with van der Waals surface area (Å²) >= 11 is 5.70. The molecule has 0 atom stereocenters. The molecule has 0 unspecified atom stereocenters. The topological polar surface area (TPSA) is 162 Å². The molecule has 172 valence electrons. The first kappa shape index (κ1) is 24.9. The highest BCUT2D eigenvalue weighted by Crippen LogP contribution is 2.23. The summed E-state index contributed by atoms with van der Waals surface area (Å²) in [6.45, 7) is 0.